The number of rotatable bonds is 14. The fourth-order valence-corrected chi connectivity index (χ4v) is 7.32. The average Bonchev–Trinajstić information content (AvgIpc) is 3.85. The molecule has 3 aromatic rings. The van der Waals surface area contributed by atoms with E-state index in [-0.39, 0.29) is 48.0 Å². The molecule has 1 saturated heterocycles. The van der Waals surface area contributed by atoms with Crippen LogP contribution in [-0.2, 0) is 26.9 Å². The van der Waals surface area contributed by atoms with E-state index in [2.05, 4.69) is 5.32 Å². The van der Waals surface area contributed by atoms with Crippen LogP contribution in [0.15, 0.2) is 35.3 Å². The van der Waals surface area contributed by atoms with Gasteiger partial charge in [-0.15, -0.1) is 0 Å². The summed E-state index contributed by atoms with van der Waals surface area (Å²) in [6, 6.07) is 2.93. The predicted octanol–water partition coefficient (Wildman–Crippen LogP) is 8.26. The van der Waals surface area contributed by atoms with Crippen LogP contribution in [0.25, 0.3) is 11.1 Å². The monoisotopic (exact) mass is 729 g/mol. The second kappa shape index (κ2) is 15.9. The molecule has 2 fully saturated rings. The number of benzene rings is 2. The Bertz CT molecular complexity index is 1860. The van der Waals surface area contributed by atoms with Gasteiger partial charge in [0, 0.05) is 29.9 Å². The molecular weight excluding hydrogens is 681 g/mol. The maximum absolute atomic E-state index is 17.0. The zero-order valence-electron chi connectivity index (χ0n) is 30.7. The lowest BCUT2D eigenvalue weighted by Gasteiger charge is -2.31. The van der Waals surface area contributed by atoms with Crippen LogP contribution >= 0.6 is 0 Å². The Morgan fingerprint density at radius 3 is 2.19 bits per heavy atom. The van der Waals surface area contributed by atoms with Crippen molar-refractivity contribution in [2.24, 2.45) is 5.92 Å². The van der Waals surface area contributed by atoms with E-state index < -0.39 is 64.9 Å². The van der Waals surface area contributed by atoms with E-state index in [1.165, 1.54) is 6.07 Å². The summed E-state index contributed by atoms with van der Waals surface area (Å²) in [6.45, 7) is 12.6. The van der Waals surface area contributed by atoms with E-state index in [9.17, 15) is 27.6 Å². The number of likely N-dealkylation sites (tertiary alicyclic amines) is 1. The molecule has 1 aliphatic heterocycles. The first-order chi connectivity index (χ1) is 24.5. The molecule has 12 heteroatoms. The van der Waals surface area contributed by atoms with Crippen LogP contribution in [-0.4, -0.2) is 47.6 Å². The standard InChI is InChI=1S/C40H48F5N3O4/c1-7-52-34(50)20-31(36-37(41)28(26-9-10-26)18-29(38(36)42)35-24(5)16-23(4)17-25(35)6)46-39(51)32(15-22(2)3)48-21-27(11-14-47-12-8-13-47)30(19-33(48)49)40(43,44)45/h16-19,21-22,26,31-32H,7-15,20H2,1-6H3,(H,46,51)/t31-,32?/m0/s1. The van der Waals surface area contributed by atoms with Gasteiger partial charge in [0.05, 0.1) is 24.6 Å². The molecule has 52 heavy (non-hydrogen) atoms. The Balaban J connectivity index is 1.62. The van der Waals surface area contributed by atoms with Crippen molar-refractivity contribution in [3.63, 3.8) is 0 Å². The Labute approximate surface area is 301 Å². The summed E-state index contributed by atoms with van der Waals surface area (Å²) in [5.41, 5.74) is 0.763. The fraction of sp³-hybridized carbons (Fsp3) is 0.525. The third-order valence-corrected chi connectivity index (χ3v) is 10.0. The fourth-order valence-electron chi connectivity index (χ4n) is 7.32. The highest BCUT2D eigenvalue weighted by Gasteiger charge is 2.38. The van der Waals surface area contributed by atoms with Gasteiger partial charge in [-0.3, -0.25) is 14.4 Å². The van der Waals surface area contributed by atoms with E-state index in [4.69, 9.17) is 4.74 Å². The largest absolute Gasteiger partial charge is 0.466 e. The molecule has 2 atom stereocenters. The van der Waals surface area contributed by atoms with E-state index in [1.54, 1.807) is 20.8 Å². The second-order valence-electron chi connectivity index (χ2n) is 14.7. The minimum atomic E-state index is -4.80. The summed E-state index contributed by atoms with van der Waals surface area (Å²) in [5, 5.41) is 2.66. The summed E-state index contributed by atoms with van der Waals surface area (Å²) in [7, 11) is 0. The molecule has 2 aliphatic rings. The van der Waals surface area contributed by atoms with E-state index in [1.807, 2.05) is 37.8 Å². The van der Waals surface area contributed by atoms with Gasteiger partial charge in [0.15, 0.2) is 0 Å². The van der Waals surface area contributed by atoms with Crippen LogP contribution in [0.3, 0.4) is 0 Å². The summed E-state index contributed by atoms with van der Waals surface area (Å²) in [4.78, 5) is 42.7. The molecule has 1 N–H and O–H groups in total. The third kappa shape index (κ3) is 8.76. The number of nitrogens with one attached hydrogen (secondary N) is 1. The van der Waals surface area contributed by atoms with Crippen molar-refractivity contribution in [2.45, 2.75) is 104 Å². The number of ether oxygens (including phenoxy) is 1. The van der Waals surface area contributed by atoms with Gasteiger partial charge >= 0.3 is 12.1 Å². The van der Waals surface area contributed by atoms with Crippen LogP contribution in [0.5, 0.6) is 0 Å². The van der Waals surface area contributed by atoms with Crippen molar-refractivity contribution in [1.29, 1.82) is 0 Å². The lowest BCUT2D eigenvalue weighted by Crippen LogP contribution is -2.41. The molecule has 1 saturated carbocycles. The number of hydrogen-bond acceptors (Lipinski definition) is 5. The number of alkyl halides is 3. The third-order valence-electron chi connectivity index (χ3n) is 10.0. The number of carbonyl (C=O) groups excluding carboxylic acids is 2. The molecular formula is C40H48F5N3O4. The molecule has 0 radical (unpaired) electrons. The first kappa shape index (κ1) is 39.2. The molecule has 1 aromatic heterocycles. The number of aromatic nitrogens is 1. The Kier molecular flexibility index (Phi) is 12.0. The second-order valence-corrected chi connectivity index (χ2v) is 14.7. The van der Waals surface area contributed by atoms with Crippen LogP contribution < -0.4 is 10.9 Å². The Hall–Kier alpha value is -4.06. The number of pyridine rings is 1. The van der Waals surface area contributed by atoms with Crippen molar-refractivity contribution >= 4 is 11.9 Å². The molecule has 1 unspecified atom stereocenters. The summed E-state index contributed by atoms with van der Waals surface area (Å²) < 4.78 is 82.1. The first-order valence-corrected chi connectivity index (χ1v) is 18.1. The summed E-state index contributed by atoms with van der Waals surface area (Å²) in [5.74, 6) is -3.87. The highest BCUT2D eigenvalue weighted by Crippen LogP contribution is 2.46. The van der Waals surface area contributed by atoms with Gasteiger partial charge in [0.25, 0.3) is 5.56 Å². The molecule has 2 heterocycles. The molecule has 1 amide bonds. The van der Waals surface area contributed by atoms with Crippen molar-refractivity contribution in [3.8, 4) is 11.1 Å². The minimum Gasteiger partial charge on any atom is -0.466 e. The number of amides is 1. The number of esters is 1. The molecule has 0 bridgehead atoms. The Morgan fingerprint density at radius 2 is 1.65 bits per heavy atom. The highest BCUT2D eigenvalue weighted by molar-refractivity contribution is 5.82. The van der Waals surface area contributed by atoms with Crippen LogP contribution in [0, 0.1) is 38.3 Å². The number of aryl methyl sites for hydroxylation is 3. The van der Waals surface area contributed by atoms with Crippen molar-refractivity contribution < 1.29 is 36.3 Å². The summed E-state index contributed by atoms with van der Waals surface area (Å²) >= 11 is 0. The number of hydrogen-bond donors (Lipinski definition) is 1. The lowest BCUT2D eigenvalue weighted by atomic mass is 9.87. The van der Waals surface area contributed by atoms with Gasteiger partial charge < -0.3 is 19.5 Å². The van der Waals surface area contributed by atoms with Gasteiger partial charge in [-0.2, -0.15) is 13.2 Å². The van der Waals surface area contributed by atoms with Gasteiger partial charge in [-0.1, -0.05) is 31.5 Å². The predicted molar refractivity (Wildman–Crippen MR) is 189 cm³/mol. The molecule has 282 valence electrons. The molecule has 7 nitrogen and oxygen atoms in total. The van der Waals surface area contributed by atoms with Crippen molar-refractivity contribution in [2.75, 3.05) is 26.2 Å². The first-order valence-electron chi connectivity index (χ1n) is 18.1. The summed E-state index contributed by atoms with van der Waals surface area (Å²) in [6.07, 6.45) is -1.97. The van der Waals surface area contributed by atoms with Crippen LogP contribution in [0.4, 0.5) is 22.0 Å². The topological polar surface area (TPSA) is 80.6 Å². The maximum atomic E-state index is 17.0. The van der Waals surface area contributed by atoms with E-state index in [0.29, 0.717) is 31.0 Å². The van der Waals surface area contributed by atoms with Crippen LogP contribution in [0.2, 0.25) is 0 Å². The molecule has 1 aliphatic carbocycles. The van der Waals surface area contributed by atoms with Crippen molar-refractivity contribution in [1.82, 2.24) is 14.8 Å². The zero-order chi connectivity index (χ0) is 38.1. The molecule has 5 rings (SSSR count). The lowest BCUT2D eigenvalue weighted by molar-refractivity contribution is -0.144. The van der Waals surface area contributed by atoms with Gasteiger partial charge in [-0.25, -0.2) is 8.78 Å². The van der Waals surface area contributed by atoms with Crippen LogP contribution in [0.1, 0.15) is 110 Å². The number of halogens is 5. The highest BCUT2D eigenvalue weighted by atomic mass is 19.4. The minimum absolute atomic E-state index is 0.00161. The normalized spacial score (nSPS) is 16.1. The number of nitrogens with zero attached hydrogens (tertiary/aromatic N) is 2. The quantitative estimate of drug-likeness (QED) is 0.134. The van der Waals surface area contributed by atoms with Gasteiger partial charge in [-0.05, 0) is 119 Å². The Morgan fingerprint density at radius 1 is 1.00 bits per heavy atom. The molecule has 2 aromatic carbocycles. The zero-order valence-corrected chi connectivity index (χ0v) is 30.7. The van der Waals surface area contributed by atoms with E-state index >= 15 is 8.78 Å². The van der Waals surface area contributed by atoms with Crippen molar-refractivity contribution in [3.05, 3.63) is 91.4 Å². The average molecular weight is 730 g/mol. The smallest absolute Gasteiger partial charge is 0.416 e. The maximum Gasteiger partial charge on any atom is 0.416 e. The number of carbonyl (C=O) groups is 2. The van der Waals surface area contributed by atoms with Gasteiger partial charge in [0.1, 0.15) is 17.7 Å². The van der Waals surface area contributed by atoms with E-state index in [0.717, 1.165) is 47.0 Å². The SMILES string of the molecule is CCOC(=O)C[C@H](NC(=O)C(CC(C)C)n1cc(CCN2CCC2)c(C(F)(F)F)cc1=O)c1c(F)c(-c2c(C)cc(C)cc2C)cc(C2CC2)c1F. The van der Waals surface area contributed by atoms with Gasteiger partial charge in [0.2, 0.25) is 5.91 Å². The molecule has 0 spiro atoms.